The normalized spacial score (nSPS) is 16.9. The van der Waals surface area contributed by atoms with Crippen LogP contribution in [-0.2, 0) is 27.5 Å². The van der Waals surface area contributed by atoms with Gasteiger partial charge in [0.2, 0.25) is 15.9 Å². The molecule has 0 spiro atoms. The van der Waals surface area contributed by atoms with Gasteiger partial charge in [-0.1, -0.05) is 12.1 Å². The number of carbonyl (C=O) groups is 1. The van der Waals surface area contributed by atoms with Crippen LogP contribution in [0.4, 0.5) is 13.2 Å². The van der Waals surface area contributed by atoms with E-state index in [1.165, 1.54) is 4.31 Å². The Balaban J connectivity index is 1.54. The molecule has 1 heterocycles. The van der Waals surface area contributed by atoms with Crippen molar-refractivity contribution in [3.05, 3.63) is 59.7 Å². The number of hydrogen-bond acceptors (Lipinski definition) is 5. The molecule has 7 nitrogen and oxygen atoms in total. The first-order valence-electron chi connectivity index (χ1n) is 10.3. The lowest BCUT2D eigenvalue weighted by Gasteiger charge is -2.36. The molecule has 0 saturated carbocycles. The molecule has 0 aliphatic carbocycles. The van der Waals surface area contributed by atoms with E-state index >= 15 is 0 Å². The molecular formula is C22H26F3N3O4S. The van der Waals surface area contributed by atoms with Crippen LogP contribution in [0.1, 0.15) is 18.1 Å². The highest BCUT2D eigenvalue weighted by molar-refractivity contribution is 7.89. The first-order valence-corrected chi connectivity index (χ1v) is 11.8. The van der Waals surface area contributed by atoms with Gasteiger partial charge < -0.3 is 10.1 Å². The molecule has 11 heteroatoms. The topological polar surface area (TPSA) is 79.0 Å². The standard InChI is InChI=1S/C22H26F3N3O4S/c1-16(21(29)26-15-17-3-7-19(32-2)8-4-17)27-11-13-28(14-12-27)33(30,31)20-9-5-18(6-10-20)22(23,24)25/h3-10,16H,11-15H2,1-2H3,(H,26,29). The van der Waals surface area contributed by atoms with Crippen LogP contribution in [0.5, 0.6) is 5.75 Å². The number of rotatable bonds is 7. The Morgan fingerprint density at radius 1 is 1.03 bits per heavy atom. The number of hydrogen-bond donors (Lipinski definition) is 1. The van der Waals surface area contributed by atoms with Gasteiger partial charge in [-0.15, -0.1) is 0 Å². The van der Waals surface area contributed by atoms with Gasteiger partial charge in [0.1, 0.15) is 5.75 Å². The van der Waals surface area contributed by atoms with Crippen LogP contribution in [-0.4, -0.2) is 62.9 Å². The minimum absolute atomic E-state index is 0.138. The smallest absolute Gasteiger partial charge is 0.416 e. The molecule has 1 saturated heterocycles. The van der Waals surface area contributed by atoms with E-state index in [0.717, 1.165) is 35.6 Å². The van der Waals surface area contributed by atoms with Gasteiger partial charge >= 0.3 is 6.18 Å². The summed E-state index contributed by atoms with van der Waals surface area (Å²) in [6.07, 6.45) is -4.53. The summed E-state index contributed by atoms with van der Waals surface area (Å²) in [6, 6.07) is 10.3. The lowest BCUT2D eigenvalue weighted by molar-refractivity contribution is -0.137. The molecule has 2 aromatic carbocycles. The SMILES string of the molecule is COc1ccc(CNC(=O)C(C)N2CCN(S(=O)(=O)c3ccc(C(F)(F)F)cc3)CC2)cc1. The number of benzene rings is 2. The molecule has 1 fully saturated rings. The van der Waals surface area contributed by atoms with Crippen LogP contribution in [0.15, 0.2) is 53.4 Å². The predicted octanol–water partition coefficient (Wildman–Crippen LogP) is 2.73. The van der Waals surface area contributed by atoms with E-state index in [2.05, 4.69) is 5.32 Å². The van der Waals surface area contributed by atoms with E-state index in [-0.39, 0.29) is 23.9 Å². The van der Waals surface area contributed by atoms with Crippen molar-refractivity contribution in [3.8, 4) is 5.75 Å². The first-order chi connectivity index (χ1) is 15.5. The number of ether oxygens (including phenoxy) is 1. The zero-order valence-corrected chi connectivity index (χ0v) is 19.1. The zero-order chi connectivity index (χ0) is 24.2. The number of piperazine rings is 1. The maximum atomic E-state index is 12.8. The van der Waals surface area contributed by atoms with Crippen molar-refractivity contribution in [2.75, 3.05) is 33.3 Å². The van der Waals surface area contributed by atoms with Crippen LogP contribution in [0.2, 0.25) is 0 Å². The van der Waals surface area contributed by atoms with Crippen molar-refractivity contribution in [2.45, 2.75) is 30.6 Å². The van der Waals surface area contributed by atoms with E-state index in [4.69, 9.17) is 4.74 Å². The lowest BCUT2D eigenvalue weighted by Crippen LogP contribution is -2.54. The van der Waals surface area contributed by atoms with E-state index in [1.54, 1.807) is 26.2 Å². The van der Waals surface area contributed by atoms with Crippen molar-refractivity contribution in [3.63, 3.8) is 0 Å². The highest BCUT2D eigenvalue weighted by Gasteiger charge is 2.34. The zero-order valence-electron chi connectivity index (χ0n) is 18.3. The quantitative estimate of drug-likeness (QED) is 0.653. The Morgan fingerprint density at radius 2 is 1.61 bits per heavy atom. The summed E-state index contributed by atoms with van der Waals surface area (Å²) >= 11 is 0. The van der Waals surface area contributed by atoms with E-state index in [1.807, 2.05) is 17.0 Å². The van der Waals surface area contributed by atoms with Crippen LogP contribution in [0.3, 0.4) is 0 Å². The molecular weight excluding hydrogens is 459 g/mol. The largest absolute Gasteiger partial charge is 0.497 e. The number of methoxy groups -OCH3 is 1. The van der Waals surface area contributed by atoms with Gasteiger partial charge in [0, 0.05) is 32.7 Å². The fraction of sp³-hybridized carbons (Fsp3) is 0.409. The average molecular weight is 486 g/mol. The monoisotopic (exact) mass is 485 g/mol. The third-order valence-corrected chi connectivity index (χ3v) is 7.56. The molecule has 1 amide bonds. The molecule has 2 aromatic rings. The first kappa shape index (κ1) is 25.0. The van der Waals surface area contributed by atoms with Crippen LogP contribution < -0.4 is 10.1 Å². The third kappa shape index (κ3) is 6.04. The molecule has 33 heavy (non-hydrogen) atoms. The second-order valence-electron chi connectivity index (χ2n) is 7.70. The number of amides is 1. The van der Waals surface area contributed by atoms with Crippen molar-refractivity contribution in [1.29, 1.82) is 0 Å². The molecule has 1 unspecified atom stereocenters. The van der Waals surface area contributed by atoms with Crippen molar-refractivity contribution >= 4 is 15.9 Å². The number of nitrogens with one attached hydrogen (secondary N) is 1. The maximum absolute atomic E-state index is 12.8. The van der Waals surface area contributed by atoms with Crippen LogP contribution >= 0.6 is 0 Å². The van der Waals surface area contributed by atoms with Gasteiger partial charge in [-0.2, -0.15) is 17.5 Å². The van der Waals surface area contributed by atoms with Gasteiger partial charge in [-0.3, -0.25) is 9.69 Å². The Bertz CT molecular complexity index is 1050. The highest BCUT2D eigenvalue weighted by Crippen LogP contribution is 2.30. The summed E-state index contributed by atoms with van der Waals surface area (Å²) in [7, 11) is -2.34. The van der Waals surface area contributed by atoms with Gasteiger partial charge in [-0.05, 0) is 48.9 Å². The Morgan fingerprint density at radius 3 is 2.12 bits per heavy atom. The van der Waals surface area contributed by atoms with E-state index in [0.29, 0.717) is 19.6 Å². The Labute approximate surface area is 191 Å². The van der Waals surface area contributed by atoms with Crippen LogP contribution in [0.25, 0.3) is 0 Å². The molecule has 1 atom stereocenters. The molecule has 0 bridgehead atoms. The number of alkyl halides is 3. The highest BCUT2D eigenvalue weighted by atomic mass is 32.2. The van der Waals surface area contributed by atoms with Crippen molar-refractivity contribution in [1.82, 2.24) is 14.5 Å². The van der Waals surface area contributed by atoms with E-state index in [9.17, 15) is 26.4 Å². The number of nitrogens with zero attached hydrogens (tertiary/aromatic N) is 2. The molecule has 180 valence electrons. The summed E-state index contributed by atoms with van der Waals surface area (Å²) in [5.74, 6) is 0.549. The summed E-state index contributed by atoms with van der Waals surface area (Å²) in [6.45, 7) is 3.05. The molecule has 1 aliphatic rings. The van der Waals surface area contributed by atoms with Crippen molar-refractivity contribution in [2.24, 2.45) is 0 Å². The van der Waals surface area contributed by atoms with Crippen LogP contribution in [0, 0.1) is 0 Å². The molecule has 0 aromatic heterocycles. The Kier molecular flexibility index (Phi) is 7.65. The van der Waals surface area contributed by atoms with Gasteiger partial charge in [-0.25, -0.2) is 8.42 Å². The lowest BCUT2D eigenvalue weighted by atomic mass is 10.2. The number of carbonyl (C=O) groups excluding carboxylic acids is 1. The molecule has 3 rings (SSSR count). The summed E-state index contributed by atoms with van der Waals surface area (Å²) < 4.78 is 70.1. The van der Waals surface area contributed by atoms with Gasteiger partial charge in [0.25, 0.3) is 0 Å². The molecule has 1 N–H and O–H groups in total. The fourth-order valence-electron chi connectivity index (χ4n) is 3.54. The number of halogens is 3. The second kappa shape index (κ2) is 10.1. The minimum Gasteiger partial charge on any atom is -0.497 e. The molecule has 0 radical (unpaired) electrons. The summed E-state index contributed by atoms with van der Waals surface area (Å²) in [5.41, 5.74) is 0.0181. The van der Waals surface area contributed by atoms with E-state index < -0.39 is 27.8 Å². The molecule has 1 aliphatic heterocycles. The second-order valence-corrected chi connectivity index (χ2v) is 9.64. The Hall–Kier alpha value is -2.63. The summed E-state index contributed by atoms with van der Waals surface area (Å²) in [4.78, 5) is 14.2. The number of sulfonamides is 1. The third-order valence-electron chi connectivity index (χ3n) is 5.65. The predicted molar refractivity (Wildman–Crippen MR) is 116 cm³/mol. The van der Waals surface area contributed by atoms with Crippen molar-refractivity contribution < 1.29 is 31.1 Å². The fourth-order valence-corrected chi connectivity index (χ4v) is 4.96. The average Bonchev–Trinajstić information content (AvgIpc) is 2.82. The van der Waals surface area contributed by atoms with Gasteiger partial charge in [0.15, 0.2) is 0 Å². The summed E-state index contributed by atoms with van der Waals surface area (Å²) in [5, 5.41) is 2.87. The minimum atomic E-state index is -4.53. The maximum Gasteiger partial charge on any atom is 0.416 e. The van der Waals surface area contributed by atoms with Gasteiger partial charge in [0.05, 0.1) is 23.6 Å².